The van der Waals surface area contributed by atoms with Crippen LogP contribution in [0.5, 0.6) is 5.75 Å². The van der Waals surface area contributed by atoms with Crippen molar-refractivity contribution in [3.8, 4) is 5.75 Å². The van der Waals surface area contributed by atoms with E-state index in [9.17, 15) is 4.79 Å². The average Bonchev–Trinajstić information content (AvgIpc) is 2.63. The minimum Gasteiger partial charge on any atom is -0.491 e. The van der Waals surface area contributed by atoms with E-state index in [2.05, 4.69) is 10.6 Å². The van der Waals surface area contributed by atoms with Gasteiger partial charge in [-0.3, -0.25) is 0 Å². The summed E-state index contributed by atoms with van der Waals surface area (Å²) in [5.74, 6) is 0.508. The number of benzene rings is 2. The van der Waals surface area contributed by atoms with Crippen molar-refractivity contribution in [2.75, 3.05) is 18.5 Å². The molecule has 0 aromatic heterocycles. The van der Waals surface area contributed by atoms with E-state index in [1.54, 1.807) is 19.1 Å². The fourth-order valence-electron chi connectivity index (χ4n) is 2.42. The van der Waals surface area contributed by atoms with Crippen LogP contribution in [0.15, 0.2) is 42.5 Å². The lowest BCUT2D eigenvalue weighted by atomic mass is 10.1. The predicted molar refractivity (Wildman–Crippen MR) is 113 cm³/mol. The van der Waals surface area contributed by atoms with Crippen LogP contribution >= 0.6 is 12.2 Å². The summed E-state index contributed by atoms with van der Waals surface area (Å²) in [4.78, 5) is 11.8. The molecule has 6 heteroatoms. The molecule has 0 fully saturated rings. The molecule has 0 saturated carbocycles. The molecule has 0 radical (unpaired) electrons. The molecule has 27 heavy (non-hydrogen) atoms. The quantitative estimate of drug-likeness (QED) is 0.548. The Kier molecular flexibility index (Phi) is 7.61. The Morgan fingerprint density at radius 3 is 2.48 bits per heavy atom. The summed E-state index contributed by atoms with van der Waals surface area (Å²) < 4.78 is 10.8. The maximum absolute atomic E-state index is 11.8. The lowest BCUT2D eigenvalue weighted by Crippen LogP contribution is -2.39. The van der Waals surface area contributed by atoms with E-state index in [1.165, 1.54) is 5.56 Å². The molecular formula is C21H26N2O3S. The van der Waals surface area contributed by atoms with Crippen molar-refractivity contribution < 1.29 is 14.3 Å². The van der Waals surface area contributed by atoms with Gasteiger partial charge in [0.15, 0.2) is 5.11 Å². The number of nitrogens with one attached hydrogen (secondary N) is 2. The summed E-state index contributed by atoms with van der Waals surface area (Å²) in [6.07, 6.45) is 0. The number of carbonyl (C=O) groups excluding carboxylic acids is 1. The van der Waals surface area contributed by atoms with Gasteiger partial charge in [0.2, 0.25) is 0 Å². The Bertz CT molecular complexity index is 791. The number of aryl methyl sites for hydroxylation is 2. The molecule has 0 aliphatic carbocycles. The fraction of sp³-hybridized carbons (Fsp3) is 0.333. The third-order valence-electron chi connectivity index (χ3n) is 3.88. The van der Waals surface area contributed by atoms with E-state index in [-0.39, 0.29) is 12.0 Å². The monoisotopic (exact) mass is 386 g/mol. The number of rotatable bonds is 7. The minimum absolute atomic E-state index is 0.0328. The van der Waals surface area contributed by atoms with E-state index in [0.29, 0.717) is 23.9 Å². The lowest BCUT2D eigenvalue weighted by molar-refractivity contribution is 0.0526. The number of anilines is 1. The molecule has 144 valence electrons. The van der Waals surface area contributed by atoms with Gasteiger partial charge in [-0.1, -0.05) is 17.7 Å². The first kappa shape index (κ1) is 20.7. The first-order chi connectivity index (χ1) is 12.9. The van der Waals surface area contributed by atoms with Gasteiger partial charge in [-0.15, -0.1) is 0 Å². The number of thiocarbonyl (C=S) groups is 1. The molecule has 0 heterocycles. The van der Waals surface area contributed by atoms with Crippen molar-refractivity contribution in [3.63, 3.8) is 0 Å². The van der Waals surface area contributed by atoms with Gasteiger partial charge in [0.25, 0.3) is 0 Å². The maximum atomic E-state index is 11.8. The highest BCUT2D eigenvalue weighted by atomic mass is 32.1. The molecule has 2 aromatic rings. The van der Waals surface area contributed by atoms with E-state index in [1.807, 2.05) is 51.1 Å². The van der Waals surface area contributed by atoms with Crippen molar-refractivity contribution in [2.24, 2.45) is 0 Å². The number of carbonyl (C=O) groups is 1. The fourth-order valence-corrected chi connectivity index (χ4v) is 2.74. The molecule has 0 spiro atoms. The number of ether oxygens (including phenoxy) is 2. The first-order valence-electron chi connectivity index (χ1n) is 8.93. The van der Waals surface area contributed by atoms with Crippen molar-refractivity contribution in [3.05, 3.63) is 59.2 Å². The number of hydrogen-bond acceptors (Lipinski definition) is 4. The minimum atomic E-state index is -0.324. The lowest BCUT2D eigenvalue weighted by Gasteiger charge is -2.18. The number of hydrogen-bond donors (Lipinski definition) is 2. The molecule has 5 nitrogen and oxygen atoms in total. The van der Waals surface area contributed by atoms with Crippen LogP contribution in [0.25, 0.3) is 0 Å². The molecular weight excluding hydrogens is 360 g/mol. The van der Waals surface area contributed by atoms with Crippen molar-refractivity contribution in [1.82, 2.24) is 5.32 Å². The van der Waals surface area contributed by atoms with Gasteiger partial charge >= 0.3 is 5.97 Å². The molecule has 0 aliphatic rings. The van der Waals surface area contributed by atoms with Crippen molar-refractivity contribution in [1.29, 1.82) is 0 Å². The molecule has 0 saturated heterocycles. The van der Waals surface area contributed by atoms with Gasteiger partial charge in [-0.2, -0.15) is 0 Å². The van der Waals surface area contributed by atoms with E-state index < -0.39 is 0 Å². The van der Waals surface area contributed by atoms with Crippen LogP contribution in [0, 0.1) is 13.8 Å². The molecule has 2 aromatic carbocycles. The van der Waals surface area contributed by atoms with Gasteiger partial charge in [-0.25, -0.2) is 4.79 Å². The Hall–Kier alpha value is -2.60. The second kappa shape index (κ2) is 9.92. The standard InChI is InChI=1S/C21H26N2O3S/c1-5-25-20(24)17-8-11-19(15(3)12-17)23-21(27)22-16(4)13-26-18-9-6-14(2)7-10-18/h6-12,16H,5,13H2,1-4H3,(H2,22,23,27). The van der Waals surface area contributed by atoms with Crippen LogP contribution in [0.2, 0.25) is 0 Å². The zero-order valence-electron chi connectivity index (χ0n) is 16.2. The van der Waals surface area contributed by atoms with Crippen LogP contribution in [-0.4, -0.2) is 30.3 Å². The van der Waals surface area contributed by atoms with Crippen LogP contribution < -0.4 is 15.4 Å². The summed E-state index contributed by atoms with van der Waals surface area (Å²) in [6, 6.07) is 13.3. The van der Waals surface area contributed by atoms with Crippen molar-refractivity contribution in [2.45, 2.75) is 33.7 Å². The van der Waals surface area contributed by atoms with Crippen molar-refractivity contribution >= 4 is 29.0 Å². The third kappa shape index (κ3) is 6.57. The van der Waals surface area contributed by atoms with E-state index in [4.69, 9.17) is 21.7 Å². The van der Waals surface area contributed by atoms with Crippen LogP contribution in [-0.2, 0) is 4.74 Å². The highest BCUT2D eigenvalue weighted by Crippen LogP contribution is 2.17. The third-order valence-corrected chi connectivity index (χ3v) is 4.10. The van der Waals surface area contributed by atoms with Crippen LogP contribution in [0.3, 0.4) is 0 Å². The smallest absolute Gasteiger partial charge is 0.338 e. The topological polar surface area (TPSA) is 59.6 Å². The zero-order chi connectivity index (χ0) is 19.8. The molecule has 2 rings (SSSR count). The molecule has 0 bridgehead atoms. The molecule has 2 N–H and O–H groups in total. The van der Waals surface area contributed by atoms with E-state index >= 15 is 0 Å². The summed E-state index contributed by atoms with van der Waals surface area (Å²) in [7, 11) is 0. The second-order valence-corrected chi connectivity index (χ2v) is 6.78. The summed E-state index contributed by atoms with van der Waals surface area (Å²) in [5.41, 5.74) is 3.47. The summed E-state index contributed by atoms with van der Waals surface area (Å²) >= 11 is 5.38. The molecule has 1 atom stereocenters. The maximum Gasteiger partial charge on any atom is 0.338 e. The predicted octanol–water partition coefficient (Wildman–Crippen LogP) is 4.23. The largest absolute Gasteiger partial charge is 0.491 e. The average molecular weight is 387 g/mol. The SMILES string of the molecule is CCOC(=O)c1ccc(NC(=S)NC(C)COc2ccc(C)cc2)c(C)c1. The van der Waals surface area contributed by atoms with Crippen LogP contribution in [0.4, 0.5) is 5.69 Å². The van der Waals surface area contributed by atoms with Gasteiger partial charge in [0.05, 0.1) is 18.2 Å². The Morgan fingerprint density at radius 2 is 1.85 bits per heavy atom. The Morgan fingerprint density at radius 1 is 1.15 bits per heavy atom. The van der Waals surface area contributed by atoms with Gasteiger partial charge in [-0.05, 0) is 75.8 Å². The second-order valence-electron chi connectivity index (χ2n) is 6.37. The van der Waals surface area contributed by atoms with Crippen LogP contribution in [0.1, 0.15) is 35.3 Å². The molecule has 0 amide bonds. The Balaban J connectivity index is 1.85. The highest BCUT2D eigenvalue weighted by Gasteiger charge is 2.10. The zero-order valence-corrected chi connectivity index (χ0v) is 17.0. The summed E-state index contributed by atoms with van der Waals surface area (Å²) in [5, 5.41) is 6.86. The Labute approximate surface area is 166 Å². The van der Waals surface area contributed by atoms with Gasteiger partial charge < -0.3 is 20.1 Å². The molecule has 1 unspecified atom stereocenters. The first-order valence-corrected chi connectivity index (χ1v) is 9.34. The van der Waals surface area contributed by atoms with Gasteiger partial charge in [0.1, 0.15) is 12.4 Å². The normalized spacial score (nSPS) is 11.4. The summed E-state index contributed by atoms with van der Waals surface area (Å²) in [6.45, 7) is 8.59. The highest BCUT2D eigenvalue weighted by molar-refractivity contribution is 7.80. The molecule has 0 aliphatic heterocycles. The van der Waals surface area contributed by atoms with Gasteiger partial charge in [0, 0.05) is 5.69 Å². The van der Waals surface area contributed by atoms with E-state index in [0.717, 1.165) is 17.0 Å². The number of esters is 1.